The van der Waals surface area contributed by atoms with Gasteiger partial charge in [0.1, 0.15) is 0 Å². The molecule has 0 aromatic heterocycles. The van der Waals surface area contributed by atoms with Crippen LogP contribution in [0.3, 0.4) is 0 Å². The second-order valence-electron chi connectivity index (χ2n) is 11.5. The molecule has 6 rings (SSSR count). The molecule has 0 radical (unpaired) electrons. The Morgan fingerprint density at radius 1 is 0.222 bits per heavy atom. The second-order valence-corrected chi connectivity index (χ2v) is 11.5. The first-order chi connectivity index (χ1) is 13.3. The maximum absolute atomic E-state index is 1.58. The highest BCUT2D eigenvalue weighted by atomic mass is 14.3. The molecule has 156 valence electrons. The van der Waals surface area contributed by atoms with Crippen molar-refractivity contribution in [2.45, 2.75) is 135 Å². The van der Waals surface area contributed by atoms with Crippen molar-refractivity contribution < 1.29 is 0 Å². The van der Waals surface area contributed by atoms with Crippen molar-refractivity contribution in [1.29, 1.82) is 0 Å². The highest BCUT2D eigenvalue weighted by Gasteiger charge is 2.27. The van der Waals surface area contributed by atoms with Crippen LogP contribution >= 0.6 is 0 Å². The van der Waals surface area contributed by atoms with Gasteiger partial charge < -0.3 is 0 Å². The molecule has 6 saturated carbocycles. The first kappa shape index (κ1) is 20.3. The second kappa shape index (κ2) is 10.7. The summed E-state index contributed by atoms with van der Waals surface area (Å²) in [6.07, 6.45) is 32.6. The molecule has 0 heteroatoms. The molecule has 6 atom stereocenters. The van der Waals surface area contributed by atoms with Crippen molar-refractivity contribution >= 4 is 0 Å². The van der Waals surface area contributed by atoms with Gasteiger partial charge in [0.05, 0.1) is 0 Å². The molecule has 0 saturated heterocycles. The van der Waals surface area contributed by atoms with Gasteiger partial charge in [-0.25, -0.2) is 0 Å². The van der Waals surface area contributed by atoms with Crippen LogP contribution in [-0.2, 0) is 0 Å². The third-order valence-corrected chi connectivity index (χ3v) is 9.37. The molecule has 6 fully saturated rings. The lowest BCUT2D eigenvalue weighted by Crippen LogP contribution is -1.89. The van der Waals surface area contributed by atoms with Gasteiger partial charge in [0, 0.05) is 0 Å². The molecule has 27 heavy (non-hydrogen) atoms. The topological polar surface area (TPSA) is 0 Å². The fourth-order valence-corrected chi connectivity index (χ4v) is 7.71. The Labute approximate surface area is 170 Å². The van der Waals surface area contributed by atoms with E-state index in [1.54, 1.807) is 96.3 Å². The molecule has 6 bridgehead atoms. The fraction of sp³-hybridized carbons (Fsp3) is 1.00. The van der Waals surface area contributed by atoms with E-state index in [2.05, 4.69) is 0 Å². The predicted octanol–water partition coefficient (Wildman–Crippen LogP) is 8.93. The van der Waals surface area contributed by atoms with Crippen LogP contribution in [0.2, 0.25) is 0 Å². The lowest BCUT2D eigenvalue weighted by Gasteiger charge is -2.05. The maximum atomic E-state index is 1.58. The predicted molar refractivity (Wildman–Crippen MR) is 118 cm³/mol. The van der Waals surface area contributed by atoms with Gasteiger partial charge >= 0.3 is 0 Å². The molecule has 0 spiro atoms. The van der Waals surface area contributed by atoms with Crippen LogP contribution in [0.15, 0.2) is 0 Å². The van der Waals surface area contributed by atoms with Crippen molar-refractivity contribution in [2.24, 2.45) is 35.5 Å². The van der Waals surface area contributed by atoms with Crippen LogP contribution < -0.4 is 0 Å². The Bertz CT molecular complexity index is 314. The molecule has 6 aliphatic carbocycles. The SMILES string of the molecule is C1CC[C@H]2CC[C@@H](C1)C2.C1CC[C@H]2CC[C@@H](C1)C2.C1CC[C@H]2CC[C@@H](C1)C2. The normalized spacial score (nSPS) is 42.7. The molecular formula is C27H48. The summed E-state index contributed by atoms with van der Waals surface area (Å²) in [5.74, 6) is 6.90. The molecule has 0 heterocycles. The third-order valence-electron chi connectivity index (χ3n) is 9.37. The summed E-state index contributed by atoms with van der Waals surface area (Å²) in [5.41, 5.74) is 0. The van der Waals surface area contributed by atoms with E-state index < -0.39 is 0 Å². The van der Waals surface area contributed by atoms with Gasteiger partial charge in [0.2, 0.25) is 0 Å². The van der Waals surface area contributed by atoms with Gasteiger partial charge in [-0.3, -0.25) is 0 Å². The standard InChI is InChI=1S/3C9H16/c3*1-2-4-9-6-5-8(3-1)7-9/h3*8-9H,1-7H2/t3*8-,9+. The molecular weight excluding hydrogens is 324 g/mol. The van der Waals surface area contributed by atoms with E-state index in [0.717, 1.165) is 35.5 Å². The summed E-state index contributed by atoms with van der Waals surface area (Å²) in [4.78, 5) is 0. The Hall–Kier alpha value is 0. The van der Waals surface area contributed by atoms with Crippen molar-refractivity contribution in [2.75, 3.05) is 0 Å². The Morgan fingerprint density at radius 2 is 0.407 bits per heavy atom. The van der Waals surface area contributed by atoms with E-state index in [-0.39, 0.29) is 0 Å². The summed E-state index contributed by atoms with van der Waals surface area (Å²) in [5, 5.41) is 0. The molecule has 0 aromatic carbocycles. The average molecular weight is 373 g/mol. The highest BCUT2D eigenvalue weighted by molar-refractivity contribution is 4.80. The minimum absolute atomic E-state index is 1.15. The summed E-state index contributed by atoms with van der Waals surface area (Å²) < 4.78 is 0. The van der Waals surface area contributed by atoms with E-state index in [1.165, 1.54) is 38.5 Å². The molecule has 0 aliphatic heterocycles. The van der Waals surface area contributed by atoms with E-state index in [4.69, 9.17) is 0 Å². The lowest BCUT2D eigenvalue weighted by molar-refractivity contribution is 0.486. The first-order valence-electron chi connectivity index (χ1n) is 13.3. The van der Waals surface area contributed by atoms with Gasteiger partial charge in [-0.05, 0) is 54.8 Å². The fourth-order valence-electron chi connectivity index (χ4n) is 7.71. The van der Waals surface area contributed by atoms with Crippen LogP contribution in [0.25, 0.3) is 0 Å². The van der Waals surface area contributed by atoms with Crippen LogP contribution in [0.1, 0.15) is 135 Å². The van der Waals surface area contributed by atoms with Gasteiger partial charge in [0.25, 0.3) is 0 Å². The Balaban J connectivity index is 0.0000001000. The van der Waals surface area contributed by atoms with Crippen LogP contribution in [0, 0.1) is 35.5 Å². The quantitative estimate of drug-likeness (QED) is 0.398. The summed E-state index contributed by atoms with van der Waals surface area (Å²) in [6, 6.07) is 0. The zero-order chi connectivity index (χ0) is 18.3. The zero-order valence-electron chi connectivity index (χ0n) is 18.3. The summed E-state index contributed by atoms with van der Waals surface area (Å²) in [6.45, 7) is 0. The van der Waals surface area contributed by atoms with Crippen molar-refractivity contribution in [1.82, 2.24) is 0 Å². The van der Waals surface area contributed by atoms with Crippen molar-refractivity contribution in [3.05, 3.63) is 0 Å². The van der Waals surface area contributed by atoms with Crippen LogP contribution in [0.4, 0.5) is 0 Å². The van der Waals surface area contributed by atoms with Gasteiger partial charge in [-0.15, -0.1) is 0 Å². The number of rotatable bonds is 0. The maximum Gasteiger partial charge on any atom is -0.0412 e. The zero-order valence-corrected chi connectivity index (χ0v) is 18.3. The average Bonchev–Trinajstić information content (AvgIpc) is 3.24. The van der Waals surface area contributed by atoms with E-state index in [0.29, 0.717) is 0 Å². The molecule has 0 nitrogen and oxygen atoms in total. The minimum Gasteiger partial charge on any atom is -0.0530 e. The molecule has 0 unspecified atom stereocenters. The monoisotopic (exact) mass is 372 g/mol. The molecule has 0 aromatic rings. The van der Waals surface area contributed by atoms with Crippen molar-refractivity contribution in [3.8, 4) is 0 Å². The van der Waals surface area contributed by atoms with Gasteiger partial charge in [-0.2, -0.15) is 0 Å². The number of fused-ring (bicyclic) bond motifs is 6. The summed E-state index contributed by atoms with van der Waals surface area (Å²) in [7, 11) is 0. The molecule has 0 amide bonds. The van der Waals surface area contributed by atoms with E-state index in [1.807, 2.05) is 0 Å². The van der Waals surface area contributed by atoms with Gasteiger partial charge in [-0.1, -0.05) is 116 Å². The first-order valence-corrected chi connectivity index (χ1v) is 13.3. The largest absolute Gasteiger partial charge is 0.0530 e. The number of hydrogen-bond acceptors (Lipinski definition) is 0. The van der Waals surface area contributed by atoms with E-state index >= 15 is 0 Å². The van der Waals surface area contributed by atoms with Gasteiger partial charge in [0.15, 0.2) is 0 Å². The lowest BCUT2D eigenvalue weighted by atomic mass is 10.0. The minimum atomic E-state index is 1.15. The van der Waals surface area contributed by atoms with Crippen LogP contribution in [-0.4, -0.2) is 0 Å². The van der Waals surface area contributed by atoms with Crippen molar-refractivity contribution in [3.63, 3.8) is 0 Å². The summed E-state index contributed by atoms with van der Waals surface area (Å²) >= 11 is 0. The Kier molecular flexibility index (Phi) is 8.02. The smallest absolute Gasteiger partial charge is 0.0412 e. The molecule has 0 N–H and O–H groups in total. The molecule has 6 aliphatic rings. The Morgan fingerprint density at radius 3 is 0.593 bits per heavy atom. The van der Waals surface area contributed by atoms with E-state index in [9.17, 15) is 0 Å². The highest BCUT2D eigenvalue weighted by Crippen LogP contribution is 2.41. The number of hydrogen-bond donors (Lipinski definition) is 0. The van der Waals surface area contributed by atoms with Crippen LogP contribution in [0.5, 0.6) is 0 Å². The third kappa shape index (κ3) is 6.50.